The van der Waals surface area contributed by atoms with Gasteiger partial charge < -0.3 is 16.0 Å². The Hall–Kier alpha value is -2.74. The number of halogens is 2. The Balaban J connectivity index is 1.96. The molecule has 0 spiro atoms. The molecular weight excluding hydrogens is 326 g/mol. The summed E-state index contributed by atoms with van der Waals surface area (Å²) in [7, 11) is 0. The zero-order valence-electron chi connectivity index (χ0n) is 13.7. The Labute approximate surface area is 142 Å². The van der Waals surface area contributed by atoms with Crippen LogP contribution in [0.25, 0.3) is 11.0 Å². The molecule has 6 nitrogen and oxygen atoms in total. The fraction of sp³-hybridized carbons (Fsp3) is 0.294. The van der Waals surface area contributed by atoms with E-state index in [0.717, 1.165) is 11.3 Å². The number of hydrogen-bond donors (Lipinski definition) is 3. The average Bonchev–Trinajstić information content (AvgIpc) is 3.14. The lowest BCUT2D eigenvalue weighted by Crippen LogP contribution is -2.46. The molecule has 130 valence electrons. The summed E-state index contributed by atoms with van der Waals surface area (Å²) in [5.74, 6) is -0.370. The SMILES string of the molecule is Cc1ccc(F)c(C2N(CCCN)c3c(C=N)c4[nH]ncc4n32)c1F. The molecule has 0 aliphatic carbocycles. The van der Waals surface area contributed by atoms with Gasteiger partial charge in [-0.2, -0.15) is 5.10 Å². The molecule has 3 heterocycles. The van der Waals surface area contributed by atoms with Crippen LogP contribution in [0, 0.1) is 24.0 Å². The Morgan fingerprint density at radius 3 is 2.92 bits per heavy atom. The summed E-state index contributed by atoms with van der Waals surface area (Å²) < 4.78 is 31.1. The van der Waals surface area contributed by atoms with E-state index >= 15 is 0 Å². The maximum absolute atomic E-state index is 14.8. The maximum atomic E-state index is 14.8. The minimum atomic E-state index is -0.616. The molecule has 0 amide bonds. The highest BCUT2D eigenvalue weighted by atomic mass is 19.1. The van der Waals surface area contributed by atoms with Crippen LogP contribution in [0.2, 0.25) is 0 Å². The largest absolute Gasteiger partial charge is 0.332 e. The van der Waals surface area contributed by atoms with Crippen LogP contribution in [0.4, 0.5) is 14.6 Å². The van der Waals surface area contributed by atoms with Gasteiger partial charge in [-0.1, -0.05) is 6.07 Å². The van der Waals surface area contributed by atoms with Crippen LogP contribution in [-0.4, -0.2) is 34.1 Å². The fourth-order valence-corrected chi connectivity index (χ4v) is 3.58. The topological polar surface area (TPSA) is 86.7 Å². The molecule has 0 bridgehead atoms. The number of fused-ring (bicyclic) bond motifs is 3. The van der Waals surface area contributed by atoms with Gasteiger partial charge in [0.15, 0.2) is 0 Å². The summed E-state index contributed by atoms with van der Waals surface area (Å²) in [6, 6.07) is 2.73. The first-order valence-electron chi connectivity index (χ1n) is 8.09. The summed E-state index contributed by atoms with van der Waals surface area (Å²) in [5.41, 5.74) is 8.11. The molecule has 1 atom stereocenters. The molecule has 4 rings (SSSR count). The van der Waals surface area contributed by atoms with Gasteiger partial charge in [-0.15, -0.1) is 0 Å². The smallest absolute Gasteiger partial charge is 0.141 e. The van der Waals surface area contributed by atoms with Crippen molar-refractivity contribution in [3.05, 3.63) is 46.7 Å². The van der Waals surface area contributed by atoms with Gasteiger partial charge in [0.1, 0.15) is 23.6 Å². The van der Waals surface area contributed by atoms with E-state index in [1.54, 1.807) is 13.1 Å². The van der Waals surface area contributed by atoms with Gasteiger partial charge >= 0.3 is 0 Å². The van der Waals surface area contributed by atoms with Crippen LogP contribution in [0.15, 0.2) is 18.3 Å². The number of nitrogens with two attached hydrogens (primary N) is 1. The minimum Gasteiger partial charge on any atom is -0.332 e. The van der Waals surface area contributed by atoms with E-state index in [2.05, 4.69) is 10.2 Å². The molecule has 2 aromatic heterocycles. The Morgan fingerprint density at radius 2 is 2.20 bits per heavy atom. The van der Waals surface area contributed by atoms with Crippen LogP contribution >= 0.6 is 0 Å². The maximum Gasteiger partial charge on any atom is 0.141 e. The van der Waals surface area contributed by atoms with Gasteiger partial charge in [0.25, 0.3) is 0 Å². The van der Waals surface area contributed by atoms with Gasteiger partial charge in [0.05, 0.1) is 28.4 Å². The Morgan fingerprint density at radius 1 is 1.40 bits per heavy atom. The van der Waals surface area contributed by atoms with Crippen molar-refractivity contribution in [2.45, 2.75) is 19.5 Å². The number of aryl methyl sites for hydroxylation is 1. The normalized spacial score (nSPS) is 16.2. The molecule has 0 saturated heterocycles. The fourth-order valence-electron chi connectivity index (χ4n) is 3.58. The van der Waals surface area contributed by atoms with Crippen LogP contribution < -0.4 is 10.6 Å². The standard InChI is InChI=1S/C17H18F2N6/c1-9-3-4-11(18)13(14(9)19)17-24(6-2-5-20)16-10(7-21)15-12(25(16)17)8-22-23-15/h3-4,7-8,17,21H,2,5-6,20H2,1H3,(H,22,23). The van der Waals surface area contributed by atoms with Crippen LogP contribution in [0.1, 0.15) is 29.3 Å². The second-order valence-corrected chi connectivity index (χ2v) is 6.18. The molecule has 8 heteroatoms. The lowest BCUT2D eigenvalue weighted by Gasteiger charge is -2.46. The average molecular weight is 344 g/mol. The second kappa shape index (κ2) is 5.66. The summed E-state index contributed by atoms with van der Waals surface area (Å²) >= 11 is 0. The van der Waals surface area contributed by atoms with Gasteiger partial charge in [-0.25, -0.2) is 8.78 Å². The van der Waals surface area contributed by atoms with Crippen molar-refractivity contribution in [1.29, 1.82) is 5.41 Å². The zero-order chi connectivity index (χ0) is 17.7. The molecule has 1 aliphatic rings. The van der Waals surface area contributed by atoms with Gasteiger partial charge in [0.2, 0.25) is 0 Å². The van der Waals surface area contributed by atoms with Gasteiger partial charge in [-0.3, -0.25) is 9.67 Å². The van der Waals surface area contributed by atoms with E-state index in [4.69, 9.17) is 11.1 Å². The molecule has 25 heavy (non-hydrogen) atoms. The highest BCUT2D eigenvalue weighted by Gasteiger charge is 2.43. The van der Waals surface area contributed by atoms with Gasteiger partial charge in [-0.05, 0) is 31.5 Å². The third-order valence-electron chi connectivity index (χ3n) is 4.75. The number of aromatic amines is 1. The highest BCUT2D eigenvalue weighted by molar-refractivity contribution is 6.04. The number of H-pyrrole nitrogens is 1. The van der Waals surface area contributed by atoms with Crippen molar-refractivity contribution in [3.63, 3.8) is 0 Å². The summed E-state index contributed by atoms with van der Waals surface area (Å²) in [5, 5.41) is 14.6. The van der Waals surface area contributed by atoms with Crippen LogP contribution in [0.5, 0.6) is 0 Å². The van der Waals surface area contributed by atoms with E-state index in [9.17, 15) is 8.78 Å². The molecule has 1 unspecified atom stereocenters. The first kappa shape index (κ1) is 15.8. The van der Waals surface area contributed by atoms with Crippen LogP contribution in [0.3, 0.4) is 0 Å². The van der Waals surface area contributed by atoms with Crippen molar-refractivity contribution < 1.29 is 8.78 Å². The quantitative estimate of drug-likeness (QED) is 0.622. The molecular formula is C17H18F2N6. The number of rotatable bonds is 5. The van der Waals surface area contributed by atoms with Gasteiger partial charge in [0, 0.05) is 12.8 Å². The second-order valence-electron chi connectivity index (χ2n) is 6.18. The lowest BCUT2D eigenvalue weighted by molar-refractivity contribution is 0.417. The third-order valence-corrected chi connectivity index (χ3v) is 4.75. The molecule has 0 fully saturated rings. The van der Waals surface area contributed by atoms with Crippen molar-refractivity contribution >= 4 is 23.1 Å². The molecule has 1 aromatic carbocycles. The highest BCUT2D eigenvalue weighted by Crippen LogP contribution is 2.48. The number of anilines is 1. The third kappa shape index (κ3) is 2.03. The molecule has 1 aliphatic heterocycles. The summed E-state index contributed by atoms with van der Waals surface area (Å²) in [6.45, 7) is 2.64. The van der Waals surface area contributed by atoms with E-state index in [-0.39, 0.29) is 5.56 Å². The van der Waals surface area contributed by atoms with Crippen molar-refractivity contribution in [1.82, 2.24) is 14.8 Å². The molecule has 0 radical (unpaired) electrons. The first-order valence-corrected chi connectivity index (χ1v) is 8.09. The molecule has 4 N–H and O–H groups in total. The number of aromatic nitrogens is 3. The Bertz CT molecular complexity index is 973. The molecule has 0 saturated carbocycles. The number of hydrogen-bond acceptors (Lipinski definition) is 4. The van der Waals surface area contributed by atoms with E-state index in [1.807, 2.05) is 9.47 Å². The zero-order valence-corrected chi connectivity index (χ0v) is 13.7. The minimum absolute atomic E-state index is 0.0131. The summed E-state index contributed by atoms with van der Waals surface area (Å²) in [6.07, 6.45) is 2.92. The number of benzene rings is 1. The Kier molecular flexibility index (Phi) is 3.57. The van der Waals surface area contributed by atoms with E-state index < -0.39 is 17.8 Å². The van der Waals surface area contributed by atoms with Crippen molar-refractivity contribution in [2.24, 2.45) is 5.73 Å². The molecule has 3 aromatic rings. The predicted molar refractivity (Wildman–Crippen MR) is 92.2 cm³/mol. The number of nitrogens with zero attached hydrogens (tertiary/aromatic N) is 3. The monoisotopic (exact) mass is 344 g/mol. The summed E-state index contributed by atoms with van der Waals surface area (Å²) in [4.78, 5) is 1.90. The first-order chi connectivity index (χ1) is 12.1. The number of nitrogens with one attached hydrogen (secondary N) is 2. The predicted octanol–water partition coefficient (Wildman–Crippen LogP) is 2.66. The van der Waals surface area contributed by atoms with Crippen LogP contribution in [-0.2, 0) is 0 Å². The lowest BCUT2D eigenvalue weighted by atomic mass is 10.0. The van der Waals surface area contributed by atoms with Crippen molar-refractivity contribution in [3.8, 4) is 0 Å². The van der Waals surface area contributed by atoms with E-state index in [1.165, 1.54) is 18.3 Å². The van der Waals surface area contributed by atoms with E-state index in [0.29, 0.717) is 36.2 Å². The van der Waals surface area contributed by atoms with Crippen molar-refractivity contribution in [2.75, 3.05) is 18.0 Å².